The largest absolute Gasteiger partial charge is 0.481 e. The van der Waals surface area contributed by atoms with E-state index in [-0.39, 0.29) is 6.61 Å². The van der Waals surface area contributed by atoms with E-state index in [4.69, 9.17) is 14.5 Å². The first kappa shape index (κ1) is 30.6. The van der Waals surface area contributed by atoms with Crippen molar-refractivity contribution in [3.8, 4) is 5.88 Å². The molecular weight excluding hydrogens is 590 g/mol. The third-order valence-corrected chi connectivity index (χ3v) is 8.83. The smallest absolute Gasteiger partial charge is 0.217 e. The number of rotatable bonds is 13. The van der Waals surface area contributed by atoms with Crippen LogP contribution in [0.25, 0.3) is 10.9 Å². The number of piperazine rings is 1. The molecular formula is C35H42BrN3O3. The van der Waals surface area contributed by atoms with Gasteiger partial charge in [0.15, 0.2) is 0 Å². The molecule has 0 saturated carbocycles. The summed E-state index contributed by atoms with van der Waals surface area (Å²) in [5.74, 6) is 0.126. The molecule has 1 aromatic heterocycles. The summed E-state index contributed by atoms with van der Waals surface area (Å²) in [5, 5.41) is 13.7. The quantitative estimate of drug-likeness (QED) is 0.170. The van der Waals surface area contributed by atoms with E-state index in [1.54, 1.807) is 7.11 Å². The standard InChI is InChI=1S/C35H42BrN3O3/c1-38-19-21-39(22-20-38)18-10-9-17-35(40,26-42-25-27-11-5-3-6-12-27)33(28-13-7-4-8-14-28)31-24-29-23-30(36)15-16-32(29)37-34(31)41-2/h3-8,11-16,23-24,33,40H,9-10,17-22,25-26H2,1-2H3. The summed E-state index contributed by atoms with van der Waals surface area (Å²) in [5.41, 5.74) is 2.62. The molecule has 1 aliphatic rings. The Bertz CT molecular complexity index is 1410. The van der Waals surface area contributed by atoms with Crippen LogP contribution >= 0.6 is 15.9 Å². The summed E-state index contributed by atoms with van der Waals surface area (Å²) in [6.07, 6.45) is 2.50. The third-order valence-electron chi connectivity index (χ3n) is 8.34. The average molecular weight is 633 g/mol. The first-order chi connectivity index (χ1) is 20.4. The van der Waals surface area contributed by atoms with Gasteiger partial charge in [-0.1, -0.05) is 76.6 Å². The van der Waals surface area contributed by atoms with Crippen LogP contribution in [0.3, 0.4) is 0 Å². The van der Waals surface area contributed by atoms with Crippen LogP contribution in [0.2, 0.25) is 0 Å². The SMILES string of the molecule is COc1nc2ccc(Br)cc2cc1C(c1ccccc1)C(O)(CCCCN1CCN(C)CC1)COCc1ccccc1. The molecule has 5 rings (SSSR count). The minimum absolute atomic E-state index is 0.190. The number of hydrogen-bond acceptors (Lipinski definition) is 6. The van der Waals surface area contributed by atoms with Crippen LogP contribution in [-0.2, 0) is 11.3 Å². The van der Waals surface area contributed by atoms with Crippen molar-refractivity contribution in [3.05, 3.63) is 106 Å². The molecule has 1 aliphatic heterocycles. The molecule has 222 valence electrons. The predicted molar refractivity (Wildman–Crippen MR) is 173 cm³/mol. The molecule has 1 N–H and O–H groups in total. The van der Waals surface area contributed by atoms with Crippen LogP contribution in [0.1, 0.15) is 41.9 Å². The number of ether oxygens (including phenoxy) is 2. The number of fused-ring (bicyclic) bond motifs is 1. The highest BCUT2D eigenvalue weighted by atomic mass is 79.9. The molecule has 0 bridgehead atoms. The van der Waals surface area contributed by atoms with Crippen molar-refractivity contribution in [2.75, 3.05) is 53.5 Å². The second-order valence-electron chi connectivity index (χ2n) is 11.5. The molecule has 6 nitrogen and oxygen atoms in total. The van der Waals surface area contributed by atoms with Crippen LogP contribution in [0.5, 0.6) is 5.88 Å². The number of methoxy groups -OCH3 is 1. The van der Waals surface area contributed by atoms with E-state index in [1.165, 1.54) is 0 Å². The minimum Gasteiger partial charge on any atom is -0.481 e. The Morgan fingerprint density at radius 1 is 0.929 bits per heavy atom. The molecule has 4 aromatic rings. The van der Waals surface area contributed by atoms with Gasteiger partial charge in [0.05, 0.1) is 31.4 Å². The first-order valence-corrected chi connectivity index (χ1v) is 15.7. The van der Waals surface area contributed by atoms with Gasteiger partial charge in [-0.3, -0.25) is 0 Å². The Labute approximate surface area is 258 Å². The normalized spacial score (nSPS) is 16.8. The molecule has 1 fully saturated rings. The maximum absolute atomic E-state index is 12.7. The maximum atomic E-state index is 12.7. The molecule has 2 heterocycles. The number of nitrogens with zero attached hydrogens (tertiary/aromatic N) is 3. The Hall–Kier alpha value is -2.81. The number of pyridine rings is 1. The van der Waals surface area contributed by atoms with Gasteiger partial charge < -0.3 is 24.4 Å². The van der Waals surface area contributed by atoms with Gasteiger partial charge in [0, 0.05) is 47.5 Å². The fraction of sp³-hybridized carbons (Fsp3) is 0.400. The summed E-state index contributed by atoms with van der Waals surface area (Å²) in [6, 6.07) is 28.5. The van der Waals surface area contributed by atoms with E-state index < -0.39 is 11.5 Å². The van der Waals surface area contributed by atoms with Crippen molar-refractivity contribution in [1.82, 2.24) is 14.8 Å². The van der Waals surface area contributed by atoms with Crippen LogP contribution in [0.4, 0.5) is 0 Å². The van der Waals surface area contributed by atoms with Crippen molar-refractivity contribution < 1.29 is 14.6 Å². The van der Waals surface area contributed by atoms with Crippen molar-refractivity contribution in [2.45, 2.75) is 37.4 Å². The Morgan fingerprint density at radius 3 is 2.36 bits per heavy atom. The number of aromatic nitrogens is 1. The summed E-state index contributed by atoms with van der Waals surface area (Å²) in [6.45, 7) is 6.09. The Balaban J connectivity index is 1.47. The molecule has 0 radical (unpaired) electrons. The Morgan fingerprint density at radius 2 is 1.64 bits per heavy atom. The fourth-order valence-corrected chi connectivity index (χ4v) is 6.38. The number of hydrogen-bond donors (Lipinski definition) is 1. The molecule has 0 amide bonds. The number of halogens is 1. The molecule has 0 spiro atoms. The van der Waals surface area contributed by atoms with Gasteiger partial charge in [-0.2, -0.15) is 0 Å². The van der Waals surface area contributed by atoms with Gasteiger partial charge in [0.2, 0.25) is 5.88 Å². The Kier molecular flexibility index (Phi) is 10.6. The van der Waals surface area contributed by atoms with Crippen molar-refractivity contribution in [3.63, 3.8) is 0 Å². The number of aliphatic hydroxyl groups is 1. The zero-order valence-corrected chi connectivity index (χ0v) is 26.3. The van der Waals surface area contributed by atoms with Crippen LogP contribution in [0, 0.1) is 0 Å². The van der Waals surface area contributed by atoms with E-state index in [0.717, 1.165) is 77.6 Å². The van der Waals surface area contributed by atoms with Crippen molar-refractivity contribution >= 4 is 26.8 Å². The van der Waals surface area contributed by atoms with E-state index >= 15 is 0 Å². The molecule has 0 aliphatic carbocycles. The summed E-state index contributed by atoms with van der Waals surface area (Å²) < 4.78 is 13.2. The topological polar surface area (TPSA) is 58.1 Å². The van der Waals surface area contributed by atoms with E-state index in [9.17, 15) is 5.11 Å². The summed E-state index contributed by atoms with van der Waals surface area (Å²) >= 11 is 3.61. The number of benzene rings is 3. The highest BCUT2D eigenvalue weighted by Gasteiger charge is 2.41. The molecule has 2 unspecified atom stereocenters. The maximum Gasteiger partial charge on any atom is 0.217 e. The van der Waals surface area contributed by atoms with Gasteiger partial charge >= 0.3 is 0 Å². The van der Waals surface area contributed by atoms with Crippen LogP contribution < -0.4 is 4.74 Å². The van der Waals surface area contributed by atoms with Gasteiger partial charge in [-0.15, -0.1) is 0 Å². The highest BCUT2D eigenvalue weighted by molar-refractivity contribution is 9.10. The predicted octanol–water partition coefficient (Wildman–Crippen LogP) is 6.50. The molecule has 1 saturated heterocycles. The number of likely N-dealkylation sites (N-methyl/N-ethyl adjacent to an activating group) is 1. The molecule has 7 heteroatoms. The molecule has 42 heavy (non-hydrogen) atoms. The lowest BCUT2D eigenvalue weighted by Crippen LogP contribution is -2.45. The highest BCUT2D eigenvalue weighted by Crippen LogP contribution is 2.43. The monoisotopic (exact) mass is 631 g/mol. The molecule has 2 atom stereocenters. The minimum atomic E-state index is -1.19. The van der Waals surface area contributed by atoms with Crippen LogP contribution in [0.15, 0.2) is 89.4 Å². The average Bonchev–Trinajstić information content (AvgIpc) is 3.01. The van der Waals surface area contributed by atoms with E-state index in [2.05, 4.69) is 69.2 Å². The van der Waals surface area contributed by atoms with Crippen LogP contribution in [-0.4, -0.2) is 79.0 Å². The van der Waals surface area contributed by atoms with E-state index in [1.807, 2.05) is 48.5 Å². The summed E-state index contributed by atoms with van der Waals surface area (Å²) in [4.78, 5) is 9.80. The lowest BCUT2D eigenvalue weighted by molar-refractivity contribution is -0.0691. The zero-order valence-electron chi connectivity index (χ0n) is 24.7. The summed E-state index contributed by atoms with van der Waals surface area (Å²) in [7, 11) is 3.84. The fourth-order valence-electron chi connectivity index (χ4n) is 6.00. The second kappa shape index (κ2) is 14.6. The first-order valence-electron chi connectivity index (χ1n) is 14.9. The zero-order chi connectivity index (χ0) is 29.4. The number of unbranched alkanes of at least 4 members (excludes halogenated alkanes) is 1. The van der Waals surface area contributed by atoms with Gasteiger partial charge in [-0.25, -0.2) is 4.98 Å². The second-order valence-corrected chi connectivity index (χ2v) is 12.4. The van der Waals surface area contributed by atoms with Gasteiger partial charge in [0.1, 0.15) is 0 Å². The third kappa shape index (κ3) is 7.77. The lowest BCUT2D eigenvalue weighted by atomic mass is 9.75. The molecule has 3 aromatic carbocycles. The van der Waals surface area contributed by atoms with E-state index in [0.29, 0.717) is 18.9 Å². The van der Waals surface area contributed by atoms with Gasteiger partial charge in [-0.05, 0) is 68.2 Å². The lowest BCUT2D eigenvalue weighted by Gasteiger charge is -2.38. The van der Waals surface area contributed by atoms with Crippen molar-refractivity contribution in [1.29, 1.82) is 0 Å². The van der Waals surface area contributed by atoms with Crippen molar-refractivity contribution in [2.24, 2.45) is 0 Å². The van der Waals surface area contributed by atoms with Gasteiger partial charge in [0.25, 0.3) is 0 Å².